The van der Waals surface area contributed by atoms with Gasteiger partial charge in [0.15, 0.2) is 0 Å². The summed E-state index contributed by atoms with van der Waals surface area (Å²) in [5, 5.41) is 7.58. The number of hydrogen-bond donors (Lipinski definition) is 3. The molecule has 1 unspecified atom stereocenters. The van der Waals surface area contributed by atoms with Gasteiger partial charge in [0.25, 0.3) is 5.91 Å². The zero-order valence-corrected chi connectivity index (χ0v) is 25.4. The van der Waals surface area contributed by atoms with Crippen molar-refractivity contribution in [1.82, 2.24) is 24.9 Å². The van der Waals surface area contributed by atoms with Crippen LogP contribution in [-0.2, 0) is 21.2 Å². The average Bonchev–Trinajstić information content (AvgIpc) is 3.64. The van der Waals surface area contributed by atoms with Crippen LogP contribution in [0.3, 0.4) is 0 Å². The van der Waals surface area contributed by atoms with Gasteiger partial charge in [0.2, 0.25) is 23.6 Å². The van der Waals surface area contributed by atoms with Crippen molar-refractivity contribution in [2.24, 2.45) is 7.05 Å². The van der Waals surface area contributed by atoms with Crippen LogP contribution in [0.2, 0.25) is 0 Å². The van der Waals surface area contributed by atoms with E-state index in [1.807, 2.05) is 0 Å². The van der Waals surface area contributed by atoms with Crippen LogP contribution < -0.4 is 10.1 Å². The number of hydrogen-bond acceptors (Lipinski definition) is 7. The minimum atomic E-state index is -4.97. The SMILES string of the molecule is COc1c(C2CN(C(=O)[C@@H]3CC[C@@H]4CCC[C@H](NC(=O)c5cc6cc(C(F)P(=O)(O)O)ccc6s5)C(=O)N43)C2)cnn1C. The Morgan fingerprint density at radius 3 is 2.67 bits per heavy atom. The average molecular weight is 634 g/mol. The first-order valence-corrected chi connectivity index (χ1v) is 16.7. The van der Waals surface area contributed by atoms with Crippen LogP contribution in [-0.4, -0.2) is 85.4 Å². The van der Waals surface area contributed by atoms with Crippen molar-refractivity contribution in [3.05, 3.63) is 46.5 Å². The van der Waals surface area contributed by atoms with Gasteiger partial charge in [0.1, 0.15) is 12.1 Å². The molecule has 0 radical (unpaired) electrons. The van der Waals surface area contributed by atoms with Crippen molar-refractivity contribution in [1.29, 1.82) is 0 Å². The lowest BCUT2D eigenvalue weighted by molar-refractivity contribution is -0.148. The number of nitrogens with zero attached hydrogens (tertiary/aromatic N) is 4. The predicted molar refractivity (Wildman–Crippen MR) is 156 cm³/mol. The normalized spacial score (nSPS) is 23.6. The number of carbonyl (C=O) groups is 3. The van der Waals surface area contributed by atoms with Gasteiger partial charge in [-0.3, -0.25) is 18.9 Å². The number of aryl methyl sites for hydroxylation is 1. The van der Waals surface area contributed by atoms with Crippen molar-refractivity contribution in [3.8, 4) is 5.88 Å². The van der Waals surface area contributed by atoms with Gasteiger partial charge in [-0.1, -0.05) is 6.07 Å². The van der Waals surface area contributed by atoms with Crippen LogP contribution in [0.4, 0.5) is 4.39 Å². The second kappa shape index (κ2) is 11.3. The second-order valence-corrected chi connectivity index (χ2v) is 14.2. The molecule has 5 heterocycles. The van der Waals surface area contributed by atoms with Gasteiger partial charge >= 0.3 is 7.60 Å². The first kappa shape index (κ1) is 29.7. The lowest BCUT2D eigenvalue weighted by atomic mass is 9.92. The van der Waals surface area contributed by atoms with Crippen LogP contribution in [0, 0.1) is 0 Å². The number of rotatable bonds is 7. The fraction of sp³-hybridized carbons (Fsp3) is 0.500. The fourth-order valence-corrected chi connectivity index (χ4v) is 8.02. The predicted octanol–water partition coefficient (Wildman–Crippen LogP) is 3.06. The second-order valence-electron chi connectivity index (χ2n) is 11.5. The summed E-state index contributed by atoms with van der Waals surface area (Å²) >= 11 is 1.14. The van der Waals surface area contributed by atoms with Gasteiger partial charge in [-0.2, -0.15) is 5.10 Å². The van der Waals surface area contributed by atoms with E-state index >= 15 is 0 Å². The molecule has 4 atom stereocenters. The molecule has 3 aliphatic rings. The summed E-state index contributed by atoms with van der Waals surface area (Å²) in [5.74, 6) is -2.48. The number of alkyl halides is 1. The molecule has 2 aromatic heterocycles. The van der Waals surface area contributed by atoms with Gasteiger partial charge in [-0.15, -0.1) is 11.3 Å². The highest BCUT2D eigenvalue weighted by Crippen LogP contribution is 2.53. The van der Waals surface area contributed by atoms with E-state index < -0.39 is 31.5 Å². The highest BCUT2D eigenvalue weighted by atomic mass is 32.1. The number of thiophene rings is 1. The molecule has 3 fully saturated rings. The van der Waals surface area contributed by atoms with Crippen molar-refractivity contribution >= 4 is 46.7 Å². The quantitative estimate of drug-likeness (QED) is 0.336. The molecule has 0 spiro atoms. The van der Waals surface area contributed by atoms with Crippen LogP contribution in [0.1, 0.15) is 64.7 Å². The number of carbonyl (C=O) groups excluding carboxylic acids is 3. The third kappa shape index (κ3) is 5.45. The van der Waals surface area contributed by atoms with Crippen LogP contribution in [0.15, 0.2) is 30.5 Å². The van der Waals surface area contributed by atoms with Crippen molar-refractivity contribution in [2.75, 3.05) is 20.2 Å². The van der Waals surface area contributed by atoms with Gasteiger partial charge in [0, 0.05) is 42.4 Å². The number of halogens is 1. The Kier molecular flexibility index (Phi) is 7.82. The lowest BCUT2D eigenvalue weighted by Gasteiger charge is -2.42. The van der Waals surface area contributed by atoms with E-state index in [-0.39, 0.29) is 29.3 Å². The van der Waals surface area contributed by atoms with Gasteiger partial charge < -0.3 is 29.6 Å². The third-order valence-corrected chi connectivity index (χ3v) is 10.8. The Bertz CT molecular complexity index is 1630. The molecule has 6 rings (SSSR count). The van der Waals surface area contributed by atoms with Gasteiger partial charge in [0.05, 0.1) is 18.2 Å². The van der Waals surface area contributed by atoms with E-state index in [1.165, 1.54) is 24.3 Å². The van der Waals surface area contributed by atoms with Crippen molar-refractivity contribution < 1.29 is 37.9 Å². The van der Waals surface area contributed by atoms with E-state index in [0.29, 0.717) is 46.8 Å². The van der Waals surface area contributed by atoms with Crippen molar-refractivity contribution in [3.63, 3.8) is 0 Å². The Hall–Kier alpha value is -3.32. The number of amides is 3. The van der Waals surface area contributed by atoms with Gasteiger partial charge in [-0.05, 0) is 61.3 Å². The summed E-state index contributed by atoms with van der Waals surface area (Å²) in [6.45, 7) is 1.05. The summed E-state index contributed by atoms with van der Waals surface area (Å²) in [4.78, 5) is 62.8. The fourth-order valence-electron chi connectivity index (χ4n) is 6.52. The molecule has 3 amide bonds. The molecule has 3 saturated heterocycles. The third-order valence-electron chi connectivity index (χ3n) is 8.75. The summed E-state index contributed by atoms with van der Waals surface area (Å²) < 4.78 is 33.3. The molecule has 43 heavy (non-hydrogen) atoms. The Morgan fingerprint density at radius 2 is 1.95 bits per heavy atom. The maximum Gasteiger partial charge on any atom is 0.363 e. The minimum Gasteiger partial charge on any atom is -0.481 e. The monoisotopic (exact) mass is 633 g/mol. The number of nitrogens with one attached hydrogen (secondary N) is 1. The number of aromatic nitrogens is 2. The smallest absolute Gasteiger partial charge is 0.363 e. The van der Waals surface area contributed by atoms with Gasteiger partial charge in [-0.25, -0.2) is 9.07 Å². The number of likely N-dealkylation sites (tertiary alicyclic amines) is 1. The summed E-state index contributed by atoms with van der Waals surface area (Å²) in [6.07, 6.45) is 5.01. The summed E-state index contributed by atoms with van der Waals surface area (Å²) in [5.41, 5.74) is 0.782. The number of ether oxygens (including phenoxy) is 1. The molecule has 3 aliphatic heterocycles. The zero-order chi connectivity index (χ0) is 30.6. The topological polar surface area (TPSA) is 154 Å². The van der Waals surface area contributed by atoms with E-state index in [1.54, 1.807) is 34.8 Å². The Labute approximate surface area is 250 Å². The first-order chi connectivity index (χ1) is 20.5. The molecular weight excluding hydrogens is 600 g/mol. The molecule has 0 saturated carbocycles. The molecule has 12 nitrogen and oxygen atoms in total. The lowest BCUT2D eigenvalue weighted by Crippen LogP contribution is -2.58. The number of methoxy groups -OCH3 is 1. The maximum atomic E-state index is 14.2. The highest BCUT2D eigenvalue weighted by Gasteiger charge is 2.48. The molecule has 15 heteroatoms. The summed E-state index contributed by atoms with van der Waals surface area (Å²) in [6, 6.07) is 4.23. The Balaban J connectivity index is 1.13. The van der Waals surface area contributed by atoms with Crippen LogP contribution in [0.25, 0.3) is 10.1 Å². The van der Waals surface area contributed by atoms with E-state index in [2.05, 4.69) is 10.4 Å². The molecular formula is C28H33FN5O7PS. The van der Waals surface area contributed by atoms with Crippen LogP contribution in [0.5, 0.6) is 5.88 Å². The zero-order valence-electron chi connectivity index (χ0n) is 23.7. The van der Waals surface area contributed by atoms with E-state index in [4.69, 9.17) is 4.74 Å². The van der Waals surface area contributed by atoms with E-state index in [9.17, 15) is 33.1 Å². The molecule has 3 aromatic rings. The number of fused-ring (bicyclic) bond motifs is 2. The largest absolute Gasteiger partial charge is 0.481 e. The molecule has 0 aliphatic carbocycles. The maximum absolute atomic E-state index is 14.2. The van der Waals surface area contributed by atoms with E-state index in [0.717, 1.165) is 36.2 Å². The highest BCUT2D eigenvalue weighted by molar-refractivity contribution is 7.51. The van der Waals surface area contributed by atoms with Crippen molar-refractivity contribution in [2.45, 2.75) is 62.1 Å². The number of benzene rings is 1. The molecule has 0 bridgehead atoms. The first-order valence-electron chi connectivity index (χ1n) is 14.2. The molecule has 1 aromatic carbocycles. The van der Waals surface area contributed by atoms with Crippen LogP contribution >= 0.6 is 18.9 Å². The molecule has 3 N–H and O–H groups in total. The Morgan fingerprint density at radius 1 is 1.19 bits per heavy atom. The standard InChI is InChI=1S/C28H33FN5O7PS/c1-32-28(41-2)19(12-30-32)17-13-33(14-17)27(37)21-8-7-18-4-3-5-20(26(36)34(18)21)31-25(35)23-11-16-10-15(6-9-22(16)43-23)24(29)42(38,39)40/h6,9-12,17-18,20-21,24H,3-5,7-8,13-14H2,1-2H3,(H,31,35)(H2,38,39,40)/t18-,20-,21-,24?/m0/s1. The minimum absolute atomic E-state index is 0.0516. The molecule has 230 valence electrons. The summed E-state index contributed by atoms with van der Waals surface area (Å²) in [7, 11) is -1.58.